The van der Waals surface area contributed by atoms with Gasteiger partial charge < -0.3 is 10.6 Å². The third-order valence-corrected chi connectivity index (χ3v) is 6.54. The van der Waals surface area contributed by atoms with E-state index in [1.807, 2.05) is 12.3 Å². The number of pyridine rings is 1. The predicted octanol–water partition coefficient (Wildman–Crippen LogP) is 4.06. The second kappa shape index (κ2) is 6.30. The van der Waals surface area contributed by atoms with Crippen molar-refractivity contribution in [3.63, 3.8) is 0 Å². The van der Waals surface area contributed by atoms with Gasteiger partial charge in [0.1, 0.15) is 0 Å². The molecule has 3 nitrogen and oxygen atoms in total. The van der Waals surface area contributed by atoms with Crippen LogP contribution in [-0.2, 0) is 18.3 Å². The number of nitrogen functional groups attached to an aromatic ring is 1. The molecule has 1 aromatic carbocycles. The number of nitrogens with zero attached hydrogens (tertiary/aromatic N) is 2. The van der Waals surface area contributed by atoms with Crippen molar-refractivity contribution in [2.24, 2.45) is 5.92 Å². The highest BCUT2D eigenvalue weighted by atomic mass is 35.5. The summed E-state index contributed by atoms with van der Waals surface area (Å²) in [6.07, 6.45) is 6.19. The lowest BCUT2D eigenvalue weighted by Crippen LogP contribution is -2.42. The Balaban J connectivity index is 1.91. The van der Waals surface area contributed by atoms with Gasteiger partial charge in [0, 0.05) is 10.4 Å². The van der Waals surface area contributed by atoms with Gasteiger partial charge in [-0.1, -0.05) is 17.7 Å². The van der Waals surface area contributed by atoms with Crippen LogP contribution in [-0.4, -0.2) is 30.0 Å². The summed E-state index contributed by atoms with van der Waals surface area (Å²) in [5.41, 5.74) is 12.0. The number of likely N-dealkylation sites (tertiary alicyclic amines) is 1. The maximum Gasteiger partial charge on any atom is 0.0543 e. The molecule has 1 aliphatic carbocycles. The van der Waals surface area contributed by atoms with Crippen molar-refractivity contribution in [2.45, 2.75) is 38.0 Å². The summed E-state index contributed by atoms with van der Waals surface area (Å²) in [6.45, 7) is 4.68. The van der Waals surface area contributed by atoms with Crippen LogP contribution in [0.25, 0.3) is 0 Å². The zero-order chi connectivity index (χ0) is 17.6. The van der Waals surface area contributed by atoms with E-state index < -0.39 is 0 Å². The van der Waals surface area contributed by atoms with Crippen molar-refractivity contribution in [1.82, 2.24) is 9.88 Å². The Bertz CT molecular complexity index is 740. The van der Waals surface area contributed by atoms with Gasteiger partial charge in [-0.3, -0.25) is 4.98 Å². The number of halogens is 1. The fourth-order valence-electron chi connectivity index (χ4n) is 4.86. The van der Waals surface area contributed by atoms with Crippen LogP contribution in [0.1, 0.15) is 42.1 Å². The predicted molar refractivity (Wildman–Crippen MR) is 104 cm³/mol. The Hall–Kier alpha value is -1.58. The van der Waals surface area contributed by atoms with E-state index >= 15 is 0 Å². The topological polar surface area (TPSA) is 42.1 Å². The van der Waals surface area contributed by atoms with E-state index in [9.17, 15) is 0 Å². The quantitative estimate of drug-likeness (QED) is 0.838. The molecule has 25 heavy (non-hydrogen) atoms. The first-order valence-corrected chi connectivity index (χ1v) is 9.58. The van der Waals surface area contributed by atoms with E-state index in [1.54, 1.807) is 0 Å². The lowest BCUT2D eigenvalue weighted by Gasteiger charge is -2.43. The molecule has 0 saturated carbocycles. The molecule has 2 N–H and O–H groups in total. The Morgan fingerprint density at radius 2 is 1.88 bits per heavy atom. The third kappa shape index (κ3) is 2.84. The van der Waals surface area contributed by atoms with E-state index in [1.165, 1.54) is 35.2 Å². The molecule has 2 heterocycles. The second-order valence-electron chi connectivity index (χ2n) is 7.86. The molecular formula is C21H26ClN3. The Labute approximate surface area is 155 Å². The first kappa shape index (κ1) is 16.9. The summed E-state index contributed by atoms with van der Waals surface area (Å²) >= 11 is 6.32. The SMILES string of the molecule is CN1CCC(C2(C)c3ccc(Cl)cc3CCc3cc(N)cnc32)CC1. The molecule has 1 saturated heterocycles. The number of piperidine rings is 1. The number of rotatable bonds is 1. The van der Waals surface area contributed by atoms with Crippen LogP contribution in [0, 0.1) is 5.92 Å². The number of hydrogen-bond acceptors (Lipinski definition) is 3. The lowest BCUT2D eigenvalue weighted by molar-refractivity contribution is 0.170. The van der Waals surface area contributed by atoms with E-state index in [4.69, 9.17) is 22.3 Å². The zero-order valence-corrected chi connectivity index (χ0v) is 15.8. The standard InChI is InChI=1S/C21H26ClN3/c1-21(16-7-9-25(2)10-8-16)19-6-5-17(22)11-14(19)3-4-15-12-18(23)13-24-20(15)21/h5-6,11-13,16H,3-4,7-10,23H2,1-2H3. The van der Waals surface area contributed by atoms with Crippen molar-refractivity contribution in [2.75, 3.05) is 25.9 Å². The first-order chi connectivity index (χ1) is 12.0. The molecule has 0 bridgehead atoms. The first-order valence-electron chi connectivity index (χ1n) is 9.21. The highest BCUT2D eigenvalue weighted by molar-refractivity contribution is 6.30. The van der Waals surface area contributed by atoms with Crippen molar-refractivity contribution in [3.05, 3.63) is 57.9 Å². The van der Waals surface area contributed by atoms with Gasteiger partial charge in [-0.15, -0.1) is 0 Å². The number of fused-ring (bicyclic) bond motifs is 2. The summed E-state index contributed by atoms with van der Waals surface area (Å²) in [4.78, 5) is 7.30. The molecule has 132 valence electrons. The molecule has 0 spiro atoms. The van der Waals surface area contributed by atoms with Gasteiger partial charge in [0.05, 0.1) is 17.6 Å². The van der Waals surface area contributed by atoms with Crippen molar-refractivity contribution in [1.29, 1.82) is 0 Å². The average Bonchev–Trinajstić information content (AvgIpc) is 2.71. The molecule has 0 radical (unpaired) electrons. The number of anilines is 1. The molecule has 1 unspecified atom stereocenters. The molecule has 1 aromatic heterocycles. The van der Waals surface area contributed by atoms with Gasteiger partial charge in [0.15, 0.2) is 0 Å². The Morgan fingerprint density at radius 1 is 1.16 bits per heavy atom. The van der Waals surface area contributed by atoms with Crippen LogP contribution in [0.5, 0.6) is 0 Å². The molecule has 1 aliphatic heterocycles. The number of hydrogen-bond donors (Lipinski definition) is 1. The minimum absolute atomic E-state index is 0.0826. The highest BCUT2D eigenvalue weighted by Gasteiger charge is 2.43. The van der Waals surface area contributed by atoms with Gasteiger partial charge >= 0.3 is 0 Å². The summed E-state index contributed by atoms with van der Waals surface area (Å²) < 4.78 is 0. The highest BCUT2D eigenvalue weighted by Crippen LogP contribution is 2.47. The van der Waals surface area contributed by atoms with Gasteiger partial charge in [-0.2, -0.15) is 0 Å². The van der Waals surface area contributed by atoms with E-state index in [0.29, 0.717) is 5.92 Å². The van der Waals surface area contributed by atoms with Crippen LogP contribution in [0.15, 0.2) is 30.5 Å². The van der Waals surface area contributed by atoms with Gasteiger partial charge in [0.2, 0.25) is 0 Å². The minimum atomic E-state index is -0.0826. The molecule has 4 heteroatoms. The largest absolute Gasteiger partial charge is 0.397 e. The summed E-state index contributed by atoms with van der Waals surface area (Å²) in [6, 6.07) is 8.56. The second-order valence-corrected chi connectivity index (χ2v) is 8.29. The van der Waals surface area contributed by atoms with E-state index in [-0.39, 0.29) is 5.41 Å². The maximum atomic E-state index is 6.32. The fourth-order valence-corrected chi connectivity index (χ4v) is 5.05. The molecule has 4 rings (SSSR count). The van der Waals surface area contributed by atoms with Gasteiger partial charge in [-0.25, -0.2) is 0 Å². The summed E-state index contributed by atoms with van der Waals surface area (Å²) in [7, 11) is 2.21. The van der Waals surface area contributed by atoms with Crippen molar-refractivity contribution in [3.8, 4) is 0 Å². The smallest absolute Gasteiger partial charge is 0.0543 e. The van der Waals surface area contributed by atoms with E-state index in [0.717, 1.165) is 36.6 Å². The van der Waals surface area contributed by atoms with Crippen LogP contribution in [0.4, 0.5) is 5.69 Å². The van der Waals surface area contributed by atoms with E-state index in [2.05, 4.69) is 37.1 Å². The lowest BCUT2D eigenvalue weighted by atomic mass is 9.64. The zero-order valence-electron chi connectivity index (χ0n) is 15.1. The number of aryl methyl sites for hydroxylation is 2. The minimum Gasteiger partial charge on any atom is -0.397 e. The normalized spacial score (nSPS) is 24.4. The third-order valence-electron chi connectivity index (χ3n) is 6.31. The molecule has 1 atom stereocenters. The van der Waals surface area contributed by atoms with Gasteiger partial charge in [0.25, 0.3) is 0 Å². The monoisotopic (exact) mass is 355 g/mol. The maximum absolute atomic E-state index is 6.32. The van der Waals surface area contributed by atoms with Crippen LogP contribution in [0.3, 0.4) is 0 Å². The summed E-state index contributed by atoms with van der Waals surface area (Å²) in [5, 5.41) is 0.822. The summed E-state index contributed by atoms with van der Waals surface area (Å²) in [5.74, 6) is 0.580. The number of benzene rings is 1. The molecular weight excluding hydrogens is 330 g/mol. The Kier molecular flexibility index (Phi) is 4.25. The molecule has 0 amide bonds. The van der Waals surface area contributed by atoms with Crippen LogP contribution < -0.4 is 5.73 Å². The Morgan fingerprint density at radius 3 is 2.64 bits per heavy atom. The van der Waals surface area contributed by atoms with Gasteiger partial charge in [-0.05, 0) is 93.6 Å². The molecule has 2 aliphatic rings. The molecule has 1 fully saturated rings. The number of nitrogens with two attached hydrogens (primary N) is 1. The number of aromatic nitrogens is 1. The van der Waals surface area contributed by atoms with Crippen LogP contribution in [0.2, 0.25) is 5.02 Å². The average molecular weight is 356 g/mol. The van der Waals surface area contributed by atoms with Crippen LogP contribution >= 0.6 is 11.6 Å². The fraction of sp³-hybridized carbons (Fsp3) is 0.476. The molecule has 2 aromatic rings. The van der Waals surface area contributed by atoms with Crippen molar-refractivity contribution >= 4 is 17.3 Å². The van der Waals surface area contributed by atoms with Crippen molar-refractivity contribution < 1.29 is 0 Å².